The normalized spacial score (nSPS) is 17.5. The molecular formula is C27H38O6. The van der Waals surface area contributed by atoms with Crippen LogP contribution in [0, 0.1) is 0 Å². The summed E-state index contributed by atoms with van der Waals surface area (Å²) in [5.41, 5.74) is 1.26. The van der Waals surface area contributed by atoms with Crippen LogP contribution in [0.4, 0.5) is 0 Å². The maximum absolute atomic E-state index is 10.3. The zero-order valence-corrected chi connectivity index (χ0v) is 19.6. The molecule has 182 valence electrons. The molecule has 1 heterocycles. The van der Waals surface area contributed by atoms with Crippen LogP contribution in [0.2, 0.25) is 0 Å². The van der Waals surface area contributed by atoms with Crippen LogP contribution < -0.4 is 4.74 Å². The minimum Gasteiger partial charge on any atom is -0.508 e. The molecule has 0 saturated heterocycles. The first-order chi connectivity index (χ1) is 16.0. The highest BCUT2D eigenvalue weighted by Gasteiger charge is 2.34. The molecular weight excluding hydrogens is 420 g/mol. The lowest BCUT2D eigenvalue weighted by Gasteiger charge is -2.34. The molecule has 1 aliphatic heterocycles. The van der Waals surface area contributed by atoms with Gasteiger partial charge in [0.2, 0.25) is 0 Å². The molecule has 1 aliphatic rings. The van der Waals surface area contributed by atoms with Crippen molar-refractivity contribution in [3.8, 4) is 28.7 Å². The van der Waals surface area contributed by atoms with Crippen molar-refractivity contribution in [2.45, 2.75) is 89.8 Å². The summed E-state index contributed by atoms with van der Waals surface area (Å²) in [5.74, 6) is -0.140. The molecule has 33 heavy (non-hydrogen) atoms. The number of hydrogen-bond donors (Lipinski definition) is 4. The summed E-state index contributed by atoms with van der Waals surface area (Å²) in [5, 5.41) is 39.7. The van der Waals surface area contributed by atoms with E-state index in [0.29, 0.717) is 29.9 Å². The van der Waals surface area contributed by atoms with Crippen LogP contribution in [-0.4, -0.2) is 33.1 Å². The van der Waals surface area contributed by atoms with E-state index in [2.05, 4.69) is 6.92 Å². The Morgan fingerprint density at radius 2 is 1.45 bits per heavy atom. The van der Waals surface area contributed by atoms with E-state index in [1.165, 1.54) is 75.6 Å². The van der Waals surface area contributed by atoms with Crippen molar-refractivity contribution in [1.82, 2.24) is 0 Å². The summed E-state index contributed by atoms with van der Waals surface area (Å²) < 4.78 is 12.3. The monoisotopic (exact) mass is 458 g/mol. The van der Waals surface area contributed by atoms with Crippen LogP contribution in [0.1, 0.15) is 88.4 Å². The van der Waals surface area contributed by atoms with E-state index < -0.39 is 6.10 Å². The van der Waals surface area contributed by atoms with Gasteiger partial charge < -0.3 is 29.9 Å². The highest BCUT2D eigenvalue weighted by molar-refractivity contribution is 5.52. The van der Waals surface area contributed by atoms with Gasteiger partial charge in [0, 0.05) is 30.7 Å². The third kappa shape index (κ3) is 7.19. The van der Waals surface area contributed by atoms with Crippen LogP contribution in [0.3, 0.4) is 0 Å². The number of phenols is 4. The summed E-state index contributed by atoms with van der Waals surface area (Å²) in [6.45, 7) is 2.82. The smallest absolute Gasteiger partial charge is 0.157 e. The number of unbranched alkanes of at least 4 members (excludes halogenated alkanes) is 9. The highest BCUT2D eigenvalue weighted by Crippen LogP contribution is 2.43. The maximum atomic E-state index is 10.3. The molecule has 0 radical (unpaired) electrons. The minimum atomic E-state index is -0.534. The number of phenolic OH excluding ortho intramolecular Hbond substituents is 4. The first-order valence-electron chi connectivity index (χ1n) is 12.3. The van der Waals surface area contributed by atoms with Crippen molar-refractivity contribution < 1.29 is 29.9 Å². The molecule has 0 amide bonds. The van der Waals surface area contributed by atoms with Crippen molar-refractivity contribution >= 4 is 0 Å². The Balaban J connectivity index is 1.53. The maximum Gasteiger partial charge on any atom is 0.157 e. The Morgan fingerprint density at radius 1 is 0.788 bits per heavy atom. The molecule has 0 bridgehead atoms. The Kier molecular flexibility index (Phi) is 9.55. The molecule has 0 aliphatic carbocycles. The van der Waals surface area contributed by atoms with E-state index in [-0.39, 0.29) is 29.1 Å². The van der Waals surface area contributed by atoms with Crippen LogP contribution in [0.15, 0.2) is 30.3 Å². The second-order valence-electron chi connectivity index (χ2n) is 9.02. The number of fused-ring (bicyclic) bond motifs is 1. The third-order valence-corrected chi connectivity index (χ3v) is 6.32. The van der Waals surface area contributed by atoms with Crippen LogP contribution in [-0.2, 0) is 11.2 Å². The second-order valence-corrected chi connectivity index (χ2v) is 9.02. The van der Waals surface area contributed by atoms with Crippen molar-refractivity contribution in [3.63, 3.8) is 0 Å². The third-order valence-electron chi connectivity index (χ3n) is 6.32. The van der Waals surface area contributed by atoms with Crippen LogP contribution in [0.5, 0.6) is 28.7 Å². The topological polar surface area (TPSA) is 99.4 Å². The van der Waals surface area contributed by atoms with Gasteiger partial charge in [-0.15, -0.1) is 0 Å². The van der Waals surface area contributed by atoms with Gasteiger partial charge in [-0.3, -0.25) is 0 Å². The molecule has 6 heteroatoms. The molecule has 4 N–H and O–H groups in total. The fraction of sp³-hybridized carbons (Fsp3) is 0.556. The number of hydrogen-bond acceptors (Lipinski definition) is 6. The zero-order valence-electron chi connectivity index (χ0n) is 19.6. The van der Waals surface area contributed by atoms with Gasteiger partial charge in [0.05, 0.1) is 0 Å². The fourth-order valence-electron chi connectivity index (χ4n) is 4.42. The van der Waals surface area contributed by atoms with Crippen molar-refractivity contribution in [2.24, 2.45) is 0 Å². The van der Waals surface area contributed by atoms with Gasteiger partial charge in [0.15, 0.2) is 17.6 Å². The van der Waals surface area contributed by atoms with E-state index in [9.17, 15) is 20.4 Å². The van der Waals surface area contributed by atoms with Crippen molar-refractivity contribution in [3.05, 3.63) is 41.5 Å². The Morgan fingerprint density at radius 3 is 2.12 bits per heavy atom. The van der Waals surface area contributed by atoms with Gasteiger partial charge in [-0.2, -0.15) is 0 Å². The molecule has 2 atom stereocenters. The lowest BCUT2D eigenvalue weighted by molar-refractivity contribution is -0.0393. The average molecular weight is 459 g/mol. The van der Waals surface area contributed by atoms with Crippen molar-refractivity contribution in [2.75, 3.05) is 6.61 Å². The van der Waals surface area contributed by atoms with E-state index in [1.54, 1.807) is 6.07 Å². The lowest BCUT2D eigenvalue weighted by Crippen LogP contribution is -2.33. The molecule has 6 nitrogen and oxygen atoms in total. The van der Waals surface area contributed by atoms with E-state index >= 15 is 0 Å². The number of benzene rings is 2. The average Bonchev–Trinajstić information content (AvgIpc) is 2.79. The summed E-state index contributed by atoms with van der Waals surface area (Å²) in [7, 11) is 0. The fourth-order valence-corrected chi connectivity index (χ4v) is 4.42. The first-order valence-corrected chi connectivity index (χ1v) is 12.3. The summed E-state index contributed by atoms with van der Waals surface area (Å²) >= 11 is 0. The summed E-state index contributed by atoms with van der Waals surface area (Å²) in [6, 6.07) is 7.34. The van der Waals surface area contributed by atoms with Gasteiger partial charge in [0.25, 0.3) is 0 Å². The van der Waals surface area contributed by atoms with Gasteiger partial charge in [-0.25, -0.2) is 0 Å². The minimum absolute atomic E-state index is 0.0236. The Labute approximate surface area is 196 Å². The Hall–Kier alpha value is -2.60. The second kappa shape index (κ2) is 12.6. The molecule has 2 aromatic carbocycles. The molecule has 0 aromatic heterocycles. The zero-order chi connectivity index (χ0) is 23.6. The molecule has 0 spiro atoms. The molecule has 3 rings (SSSR count). The van der Waals surface area contributed by atoms with Crippen molar-refractivity contribution in [1.29, 1.82) is 0 Å². The van der Waals surface area contributed by atoms with E-state index in [4.69, 9.17) is 9.47 Å². The molecule has 2 aromatic rings. The van der Waals surface area contributed by atoms with Crippen LogP contribution >= 0.6 is 0 Å². The number of rotatable bonds is 13. The summed E-state index contributed by atoms with van der Waals surface area (Å²) in [6.07, 6.45) is 12.0. The molecule has 0 unspecified atom stereocenters. The van der Waals surface area contributed by atoms with E-state index in [1.807, 2.05) is 0 Å². The van der Waals surface area contributed by atoms with Gasteiger partial charge in [-0.1, -0.05) is 70.8 Å². The summed E-state index contributed by atoms with van der Waals surface area (Å²) in [4.78, 5) is 0. The number of aromatic hydroxyl groups is 4. The number of ether oxygens (including phenoxy) is 2. The van der Waals surface area contributed by atoms with Gasteiger partial charge in [-0.05, 0) is 24.1 Å². The predicted molar refractivity (Wildman–Crippen MR) is 128 cm³/mol. The van der Waals surface area contributed by atoms with Gasteiger partial charge in [0.1, 0.15) is 23.4 Å². The van der Waals surface area contributed by atoms with E-state index in [0.717, 1.165) is 12.8 Å². The predicted octanol–water partition coefficient (Wildman–Crippen LogP) is 6.49. The quantitative estimate of drug-likeness (QED) is 0.202. The standard InChI is InChI=1S/C27H38O6/c1-2-3-4-5-6-7-8-9-10-11-14-32-26-18-21-23(30)16-20(28)17-25(21)33-27(26)19-12-13-22(29)24(31)15-19/h12-13,15-17,26-31H,2-11,14,18H2,1H3/t26-,27+/m0/s1. The Bertz CT molecular complexity index is 881. The van der Waals surface area contributed by atoms with Crippen LogP contribution in [0.25, 0.3) is 0 Å². The SMILES string of the molecule is CCCCCCCCCCCCO[C@H]1Cc2c(O)cc(O)cc2O[C@@H]1c1ccc(O)c(O)c1. The lowest BCUT2D eigenvalue weighted by atomic mass is 9.93. The highest BCUT2D eigenvalue weighted by atomic mass is 16.5. The molecule has 0 saturated carbocycles. The first kappa shape index (κ1) is 25.0. The van der Waals surface area contributed by atoms with Gasteiger partial charge >= 0.3 is 0 Å². The largest absolute Gasteiger partial charge is 0.508 e. The molecule has 0 fully saturated rings.